The zero-order valence-electron chi connectivity index (χ0n) is 7.80. The Labute approximate surface area is 92.9 Å². The van der Waals surface area contributed by atoms with Crippen molar-refractivity contribution < 1.29 is 9.47 Å². The molecule has 5 heteroatoms. The molecule has 1 heterocycles. The van der Waals surface area contributed by atoms with Crippen molar-refractivity contribution in [2.24, 2.45) is 0 Å². The predicted octanol–water partition coefficient (Wildman–Crippen LogP) is 2.50. The zero-order valence-corrected chi connectivity index (χ0v) is 9.31. The number of ether oxygens (including phenoxy) is 2. The van der Waals surface area contributed by atoms with Crippen LogP contribution in [-0.2, 0) is 10.6 Å². The third-order valence-corrected chi connectivity index (χ3v) is 2.22. The minimum absolute atomic E-state index is 0.349. The largest absolute Gasteiger partial charge is 0.475 e. The average molecular weight is 236 g/mol. The number of alkyl halides is 1. The molecule has 0 fully saturated rings. The van der Waals surface area contributed by atoms with E-state index in [2.05, 4.69) is 4.98 Å². The van der Waals surface area contributed by atoms with Crippen LogP contribution in [0.3, 0.4) is 0 Å². The van der Waals surface area contributed by atoms with Gasteiger partial charge >= 0.3 is 0 Å². The van der Waals surface area contributed by atoms with Crippen LogP contribution in [0.5, 0.6) is 5.88 Å². The number of nitrogens with zero attached hydrogens (tertiary/aromatic N) is 1. The molecule has 0 amide bonds. The monoisotopic (exact) mass is 235 g/mol. The first-order valence-electron chi connectivity index (χ1n) is 4.10. The molecule has 78 valence electrons. The molecule has 0 N–H and O–H groups in total. The van der Waals surface area contributed by atoms with Crippen LogP contribution in [0.2, 0.25) is 5.02 Å². The van der Waals surface area contributed by atoms with Gasteiger partial charge in [0.15, 0.2) is 0 Å². The molecule has 0 spiro atoms. The van der Waals surface area contributed by atoms with Gasteiger partial charge in [-0.15, -0.1) is 11.6 Å². The van der Waals surface area contributed by atoms with Crippen molar-refractivity contribution in [2.75, 3.05) is 20.3 Å². The fraction of sp³-hybridized carbons (Fsp3) is 0.444. The minimum atomic E-state index is 0.349. The molecule has 0 saturated heterocycles. The zero-order chi connectivity index (χ0) is 10.4. The van der Waals surface area contributed by atoms with Crippen LogP contribution in [0.1, 0.15) is 5.56 Å². The lowest BCUT2D eigenvalue weighted by Gasteiger charge is -2.06. The van der Waals surface area contributed by atoms with E-state index in [1.807, 2.05) is 0 Å². The summed E-state index contributed by atoms with van der Waals surface area (Å²) in [5.74, 6) is 0.865. The van der Waals surface area contributed by atoms with E-state index in [-0.39, 0.29) is 0 Å². The maximum Gasteiger partial charge on any atom is 0.213 e. The lowest BCUT2D eigenvalue weighted by Crippen LogP contribution is -2.05. The van der Waals surface area contributed by atoms with Crippen LogP contribution < -0.4 is 4.74 Å². The fourth-order valence-electron chi connectivity index (χ4n) is 0.869. The molecule has 3 nitrogen and oxygen atoms in total. The molecule has 0 atom stereocenters. The summed E-state index contributed by atoms with van der Waals surface area (Å²) in [6.07, 6.45) is 1.53. The Balaban J connectivity index is 2.60. The van der Waals surface area contributed by atoms with Crippen molar-refractivity contribution in [1.82, 2.24) is 4.98 Å². The van der Waals surface area contributed by atoms with E-state index in [9.17, 15) is 0 Å². The van der Waals surface area contributed by atoms with Crippen molar-refractivity contribution >= 4 is 23.2 Å². The molecule has 0 aromatic carbocycles. The van der Waals surface area contributed by atoms with Gasteiger partial charge in [-0.3, -0.25) is 0 Å². The quantitative estimate of drug-likeness (QED) is 0.581. The summed E-state index contributed by atoms with van der Waals surface area (Å²) >= 11 is 11.5. The third-order valence-electron chi connectivity index (χ3n) is 1.59. The molecule has 0 saturated carbocycles. The number of hydrogen-bond donors (Lipinski definition) is 0. The van der Waals surface area contributed by atoms with Crippen LogP contribution in [-0.4, -0.2) is 25.3 Å². The molecule has 0 aliphatic rings. The molecule has 0 unspecified atom stereocenters. The normalized spacial score (nSPS) is 10.2. The molecule has 0 aliphatic heterocycles. The van der Waals surface area contributed by atoms with Crippen LogP contribution in [0.25, 0.3) is 0 Å². The van der Waals surface area contributed by atoms with Crippen LogP contribution in [0, 0.1) is 0 Å². The second kappa shape index (κ2) is 6.06. The number of aromatic nitrogens is 1. The smallest absolute Gasteiger partial charge is 0.213 e. The van der Waals surface area contributed by atoms with Gasteiger partial charge in [0.05, 0.1) is 11.6 Å². The van der Waals surface area contributed by atoms with Gasteiger partial charge in [-0.05, 0) is 5.56 Å². The lowest BCUT2D eigenvalue weighted by molar-refractivity contribution is 0.143. The summed E-state index contributed by atoms with van der Waals surface area (Å²) in [5, 5.41) is 0.555. The van der Waals surface area contributed by atoms with Crippen LogP contribution in [0.4, 0.5) is 0 Å². The lowest BCUT2D eigenvalue weighted by atomic mass is 10.3. The van der Waals surface area contributed by atoms with E-state index in [0.29, 0.717) is 30.0 Å². The third kappa shape index (κ3) is 3.33. The first-order valence-corrected chi connectivity index (χ1v) is 5.01. The van der Waals surface area contributed by atoms with Crippen molar-refractivity contribution in [3.63, 3.8) is 0 Å². The highest BCUT2D eigenvalue weighted by atomic mass is 35.5. The number of halogens is 2. The maximum absolute atomic E-state index is 5.83. The molecule has 0 radical (unpaired) electrons. The summed E-state index contributed by atoms with van der Waals surface area (Å²) in [6, 6.07) is 1.73. The highest BCUT2D eigenvalue weighted by Crippen LogP contribution is 2.20. The molecule has 14 heavy (non-hydrogen) atoms. The van der Waals surface area contributed by atoms with E-state index in [1.54, 1.807) is 13.2 Å². The van der Waals surface area contributed by atoms with Crippen LogP contribution in [0.15, 0.2) is 12.3 Å². The molecular weight excluding hydrogens is 225 g/mol. The molecule has 0 bridgehead atoms. The SMILES string of the molecule is COCCOc1cc(CCl)c(Cl)cn1. The highest BCUT2D eigenvalue weighted by Gasteiger charge is 2.02. The maximum atomic E-state index is 5.83. The number of pyridine rings is 1. The van der Waals surface area contributed by atoms with E-state index in [1.165, 1.54) is 6.20 Å². The van der Waals surface area contributed by atoms with E-state index in [4.69, 9.17) is 32.7 Å². The van der Waals surface area contributed by atoms with Gasteiger partial charge in [0.1, 0.15) is 6.61 Å². The van der Waals surface area contributed by atoms with Gasteiger partial charge in [-0.25, -0.2) is 4.98 Å². The van der Waals surface area contributed by atoms with Gasteiger partial charge in [0.2, 0.25) is 5.88 Å². The molecule has 1 aromatic rings. The van der Waals surface area contributed by atoms with Gasteiger partial charge in [-0.2, -0.15) is 0 Å². The topological polar surface area (TPSA) is 31.4 Å². The fourth-order valence-corrected chi connectivity index (χ4v) is 1.33. The van der Waals surface area contributed by atoms with Crippen molar-refractivity contribution in [2.45, 2.75) is 5.88 Å². The van der Waals surface area contributed by atoms with E-state index in [0.717, 1.165) is 5.56 Å². The van der Waals surface area contributed by atoms with Gasteiger partial charge < -0.3 is 9.47 Å². The van der Waals surface area contributed by atoms with Gasteiger partial charge in [0, 0.05) is 25.3 Å². The van der Waals surface area contributed by atoms with E-state index >= 15 is 0 Å². The molecule has 0 aliphatic carbocycles. The summed E-state index contributed by atoms with van der Waals surface area (Å²) in [7, 11) is 1.61. The first-order chi connectivity index (χ1) is 6.77. The van der Waals surface area contributed by atoms with Gasteiger partial charge in [0.25, 0.3) is 0 Å². The van der Waals surface area contributed by atoms with Gasteiger partial charge in [-0.1, -0.05) is 11.6 Å². The van der Waals surface area contributed by atoms with Crippen molar-refractivity contribution in [3.8, 4) is 5.88 Å². The summed E-state index contributed by atoms with van der Waals surface area (Å²) in [4.78, 5) is 3.99. The number of rotatable bonds is 5. The van der Waals surface area contributed by atoms with Crippen molar-refractivity contribution in [3.05, 3.63) is 22.8 Å². The summed E-state index contributed by atoms with van der Waals surface area (Å²) in [6.45, 7) is 0.993. The first kappa shape index (κ1) is 11.6. The molecule has 1 rings (SSSR count). The van der Waals surface area contributed by atoms with Crippen LogP contribution >= 0.6 is 23.2 Å². The molecular formula is C9H11Cl2NO2. The summed E-state index contributed by atoms with van der Waals surface area (Å²) in [5.41, 5.74) is 0.816. The molecule has 1 aromatic heterocycles. The predicted molar refractivity (Wildman–Crippen MR) is 56.2 cm³/mol. The second-order valence-electron chi connectivity index (χ2n) is 2.59. The second-order valence-corrected chi connectivity index (χ2v) is 3.26. The Morgan fingerprint density at radius 2 is 2.21 bits per heavy atom. The number of hydrogen-bond acceptors (Lipinski definition) is 3. The number of methoxy groups -OCH3 is 1. The van der Waals surface area contributed by atoms with E-state index < -0.39 is 0 Å². The Kier molecular flexibility index (Phi) is 5.01. The Morgan fingerprint density at radius 1 is 1.43 bits per heavy atom. The van der Waals surface area contributed by atoms with Crippen molar-refractivity contribution in [1.29, 1.82) is 0 Å². The average Bonchev–Trinajstić information content (AvgIpc) is 2.21. The minimum Gasteiger partial charge on any atom is -0.475 e. The standard InChI is InChI=1S/C9H11Cl2NO2/c1-13-2-3-14-9-4-7(5-10)8(11)6-12-9/h4,6H,2-3,5H2,1H3. The summed E-state index contributed by atoms with van der Waals surface area (Å²) < 4.78 is 10.1. The Hall–Kier alpha value is -0.510. The Morgan fingerprint density at radius 3 is 2.86 bits per heavy atom. The Bertz CT molecular complexity index is 294. The highest BCUT2D eigenvalue weighted by molar-refractivity contribution is 6.32.